The minimum atomic E-state index is -1.28. The maximum atomic E-state index is 12.0. The predicted octanol–water partition coefficient (Wildman–Crippen LogP) is 1.51. The molecule has 114 valence electrons. The van der Waals surface area contributed by atoms with E-state index >= 15 is 0 Å². The highest BCUT2D eigenvalue weighted by molar-refractivity contribution is 9.10. The van der Waals surface area contributed by atoms with Gasteiger partial charge in [-0.15, -0.1) is 0 Å². The lowest BCUT2D eigenvalue weighted by Crippen LogP contribution is -2.41. The largest absolute Gasteiger partial charge is 0.496 e. The Morgan fingerprint density at radius 2 is 2.00 bits per heavy atom. The lowest BCUT2D eigenvalue weighted by atomic mass is 10.1. The molecule has 1 aromatic carbocycles. The van der Waals surface area contributed by atoms with Gasteiger partial charge in [0.05, 0.1) is 11.6 Å². The molecule has 0 aliphatic carbocycles. The lowest BCUT2D eigenvalue weighted by molar-refractivity contribution is -0.140. The quantitative estimate of drug-likeness (QED) is 0.679. The summed E-state index contributed by atoms with van der Waals surface area (Å²) in [4.78, 5) is 33.5. The summed E-state index contributed by atoms with van der Waals surface area (Å²) in [6.45, 7) is 0. The maximum absolute atomic E-state index is 12.0. The van der Waals surface area contributed by atoms with E-state index in [1.165, 1.54) is 19.2 Å². The first-order valence-electron chi connectivity index (χ1n) is 5.94. The number of benzene rings is 1. The molecule has 1 unspecified atom stereocenters. The predicted molar refractivity (Wildman–Crippen MR) is 76.5 cm³/mol. The zero-order chi connectivity index (χ0) is 16.0. The van der Waals surface area contributed by atoms with Gasteiger partial charge in [0.25, 0.3) is 5.91 Å². The van der Waals surface area contributed by atoms with Crippen LogP contribution in [-0.2, 0) is 9.59 Å². The summed E-state index contributed by atoms with van der Waals surface area (Å²) in [5, 5.41) is 19.8. The molecular formula is C13H14BrNO6. The van der Waals surface area contributed by atoms with Gasteiger partial charge in [0, 0.05) is 12.0 Å². The number of ether oxygens (including phenoxy) is 1. The highest BCUT2D eigenvalue weighted by Gasteiger charge is 2.21. The fraction of sp³-hybridized carbons (Fsp3) is 0.308. The fourth-order valence-electron chi connectivity index (χ4n) is 1.57. The van der Waals surface area contributed by atoms with Crippen molar-refractivity contribution in [2.75, 3.05) is 7.11 Å². The van der Waals surface area contributed by atoms with E-state index in [0.29, 0.717) is 10.2 Å². The number of carbonyl (C=O) groups excluding carboxylic acids is 1. The Morgan fingerprint density at radius 3 is 2.48 bits per heavy atom. The van der Waals surface area contributed by atoms with Crippen molar-refractivity contribution in [3.05, 3.63) is 28.2 Å². The minimum absolute atomic E-state index is 0.187. The number of rotatable bonds is 7. The molecule has 7 nitrogen and oxygen atoms in total. The van der Waals surface area contributed by atoms with Crippen molar-refractivity contribution in [1.82, 2.24) is 5.32 Å². The third-order valence-corrected chi connectivity index (χ3v) is 3.28. The fourth-order valence-corrected chi connectivity index (χ4v) is 2.12. The number of amides is 1. The number of halogens is 1. The molecule has 0 saturated heterocycles. The molecule has 0 spiro atoms. The van der Waals surface area contributed by atoms with Crippen LogP contribution in [-0.4, -0.2) is 41.2 Å². The molecule has 3 N–H and O–H groups in total. The second-order valence-corrected chi connectivity index (χ2v) is 5.00. The number of hydrogen-bond acceptors (Lipinski definition) is 4. The normalized spacial score (nSPS) is 11.5. The van der Waals surface area contributed by atoms with Crippen molar-refractivity contribution in [3.63, 3.8) is 0 Å². The van der Waals surface area contributed by atoms with Crippen molar-refractivity contribution in [3.8, 4) is 5.75 Å². The summed E-state index contributed by atoms with van der Waals surface area (Å²) in [5.74, 6) is -2.47. The highest BCUT2D eigenvalue weighted by Crippen LogP contribution is 2.25. The van der Waals surface area contributed by atoms with E-state index in [1.807, 2.05) is 0 Å². The van der Waals surface area contributed by atoms with Crippen LogP contribution in [0.5, 0.6) is 5.75 Å². The highest BCUT2D eigenvalue weighted by atomic mass is 79.9. The second kappa shape index (κ2) is 7.63. The Balaban J connectivity index is 2.79. The van der Waals surface area contributed by atoms with Crippen LogP contribution in [0.15, 0.2) is 22.7 Å². The molecule has 0 aromatic heterocycles. The maximum Gasteiger partial charge on any atom is 0.326 e. The van der Waals surface area contributed by atoms with Crippen molar-refractivity contribution >= 4 is 33.8 Å². The number of carboxylic acid groups (broad SMARTS) is 2. The average Bonchev–Trinajstić information content (AvgIpc) is 2.42. The zero-order valence-corrected chi connectivity index (χ0v) is 12.7. The molecule has 1 rings (SSSR count). The van der Waals surface area contributed by atoms with E-state index < -0.39 is 23.9 Å². The van der Waals surface area contributed by atoms with Crippen LogP contribution in [0.4, 0.5) is 0 Å². The third kappa shape index (κ3) is 5.07. The van der Waals surface area contributed by atoms with Crippen LogP contribution in [0.1, 0.15) is 23.2 Å². The van der Waals surface area contributed by atoms with Crippen LogP contribution in [0.2, 0.25) is 0 Å². The first-order valence-corrected chi connectivity index (χ1v) is 6.73. The molecular weight excluding hydrogens is 346 g/mol. The second-order valence-electron chi connectivity index (χ2n) is 4.15. The summed E-state index contributed by atoms with van der Waals surface area (Å²) in [6.07, 6.45) is -0.530. The monoisotopic (exact) mass is 359 g/mol. The summed E-state index contributed by atoms with van der Waals surface area (Å²) < 4.78 is 5.58. The molecule has 1 atom stereocenters. The number of carboxylic acids is 2. The van der Waals surface area contributed by atoms with Crippen molar-refractivity contribution in [2.24, 2.45) is 0 Å². The number of aliphatic carboxylic acids is 2. The molecule has 1 aromatic rings. The Morgan fingerprint density at radius 1 is 1.33 bits per heavy atom. The summed E-state index contributed by atoms with van der Waals surface area (Å²) in [5.41, 5.74) is 0.240. The van der Waals surface area contributed by atoms with Gasteiger partial charge < -0.3 is 20.3 Å². The van der Waals surface area contributed by atoms with Gasteiger partial charge in [-0.2, -0.15) is 0 Å². The number of nitrogens with one attached hydrogen (secondary N) is 1. The van der Waals surface area contributed by atoms with E-state index in [1.54, 1.807) is 6.07 Å². The minimum Gasteiger partial charge on any atom is -0.496 e. The van der Waals surface area contributed by atoms with E-state index in [9.17, 15) is 14.4 Å². The third-order valence-electron chi connectivity index (χ3n) is 2.66. The van der Waals surface area contributed by atoms with Crippen LogP contribution in [0.3, 0.4) is 0 Å². The van der Waals surface area contributed by atoms with Gasteiger partial charge in [-0.05, 0) is 40.5 Å². The van der Waals surface area contributed by atoms with Gasteiger partial charge in [-0.3, -0.25) is 9.59 Å². The van der Waals surface area contributed by atoms with E-state index in [4.69, 9.17) is 14.9 Å². The number of carbonyl (C=O) groups is 3. The van der Waals surface area contributed by atoms with E-state index in [0.717, 1.165) is 0 Å². The van der Waals surface area contributed by atoms with Crippen LogP contribution < -0.4 is 10.1 Å². The molecule has 0 radical (unpaired) electrons. The molecule has 0 aliphatic rings. The number of hydrogen-bond donors (Lipinski definition) is 3. The van der Waals surface area contributed by atoms with Crippen molar-refractivity contribution in [1.29, 1.82) is 0 Å². The summed E-state index contributed by atoms with van der Waals surface area (Å²) in [6, 6.07) is 3.28. The average molecular weight is 360 g/mol. The molecule has 1 amide bonds. The van der Waals surface area contributed by atoms with Gasteiger partial charge in [0.2, 0.25) is 0 Å². The standard InChI is InChI=1S/C13H14BrNO6/c1-21-10-4-2-7(6-8(10)14)12(18)15-9(13(19)20)3-5-11(16)17/h2,4,6,9H,3,5H2,1H3,(H,15,18)(H,16,17)(H,19,20). The van der Waals surface area contributed by atoms with Gasteiger partial charge in [-0.1, -0.05) is 0 Å². The number of methoxy groups -OCH3 is 1. The van der Waals surface area contributed by atoms with Crippen LogP contribution >= 0.6 is 15.9 Å². The topological polar surface area (TPSA) is 113 Å². The smallest absolute Gasteiger partial charge is 0.326 e. The van der Waals surface area contributed by atoms with Gasteiger partial charge in [-0.25, -0.2) is 4.79 Å². The Bertz CT molecular complexity index is 560. The molecule has 8 heteroatoms. The first-order chi connectivity index (χ1) is 9.85. The molecule has 0 saturated carbocycles. The van der Waals surface area contributed by atoms with E-state index in [2.05, 4.69) is 21.2 Å². The zero-order valence-electron chi connectivity index (χ0n) is 11.1. The summed E-state index contributed by atoms with van der Waals surface area (Å²) >= 11 is 3.22. The van der Waals surface area contributed by atoms with Gasteiger partial charge >= 0.3 is 11.9 Å². The Hall–Kier alpha value is -2.09. The first kappa shape index (κ1) is 17.0. The van der Waals surface area contributed by atoms with Gasteiger partial charge in [0.15, 0.2) is 0 Å². The Labute approximate surface area is 129 Å². The lowest BCUT2D eigenvalue weighted by Gasteiger charge is -2.14. The van der Waals surface area contributed by atoms with Gasteiger partial charge in [0.1, 0.15) is 11.8 Å². The van der Waals surface area contributed by atoms with Crippen LogP contribution in [0.25, 0.3) is 0 Å². The molecule has 0 heterocycles. The van der Waals surface area contributed by atoms with E-state index in [-0.39, 0.29) is 18.4 Å². The summed E-state index contributed by atoms with van der Waals surface area (Å²) in [7, 11) is 1.48. The molecule has 0 fully saturated rings. The Kier molecular flexibility index (Phi) is 6.16. The molecule has 0 bridgehead atoms. The molecule has 21 heavy (non-hydrogen) atoms. The van der Waals surface area contributed by atoms with Crippen LogP contribution in [0, 0.1) is 0 Å². The SMILES string of the molecule is COc1ccc(C(=O)NC(CCC(=O)O)C(=O)O)cc1Br. The van der Waals surface area contributed by atoms with Crippen molar-refractivity contribution < 1.29 is 29.3 Å². The van der Waals surface area contributed by atoms with Crippen molar-refractivity contribution in [2.45, 2.75) is 18.9 Å². The molecule has 0 aliphatic heterocycles.